The molecule has 1 saturated heterocycles. The summed E-state index contributed by atoms with van der Waals surface area (Å²) in [5, 5.41) is 0. The van der Waals surface area contributed by atoms with Crippen molar-refractivity contribution in [3.05, 3.63) is 35.9 Å². The summed E-state index contributed by atoms with van der Waals surface area (Å²) >= 11 is 0. The smallest absolute Gasteiger partial charge is 0.133 e. The maximum absolute atomic E-state index is 14.3. The van der Waals surface area contributed by atoms with Crippen LogP contribution >= 0.6 is 0 Å². The van der Waals surface area contributed by atoms with E-state index in [1.807, 2.05) is 51.1 Å². The molecule has 4 atom stereocenters. The maximum atomic E-state index is 14.3. The Labute approximate surface area is 114 Å². The summed E-state index contributed by atoms with van der Waals surface area (Å²) in [7, 11) is 0. The molecule has 0 saturated carbocycles. The monoisotopic (exact) mass is 266 g/mol. The van der Waals surface area contributed by atoms with Gasteiger partial charge in [-0.25, -0.2) is 4.39 Å². The molecular formula is C16H23FO2. The molecule has 0 radical (unpaired) electrons. The zero-order chi connectivity index (χ0) is 13.8. The van der Waals surface area contributed by atoms with Gasteiger partial charge in [-0.2, -0.15) is 0 Å². The summed E-state index contributed by atoms with van der Waals surface area (Å²) in [4.78, 5) is 0. The Kier molecular flexibility index (Phi) is 4.94. The van der Waals surface area contributed by atoms with Crippen molar-refractivity contribution in [2.24, 2.45) is 11.8 Å². The highest BCUT2D eigenvalue weighted by atomic mass is 19.1. The number of rotatable bonds is 4. The molecule has 1 aliphatic rings. The third-order valence-electron chi connectivity index (χ3n) is 3.68. The topological polar surface area (TPSA) is 18.5 Å². The van der Waals surface area contributed by atoms with Crippen LogP contribution in [-0.4, -0.2) is 25.0 Å². The number of halogens is 1. The van der Waals surface area contributed by atoms with Crippen LogP contribution in [0.5, 0.6) is 0 Å². The lowest BCUT2D eigenvalue weighted by atomic mass is 9.89. The summed E-state index contributed by atoms with van der Waals surface area (Å²) in [6.45, 7) is 6.89. The number of benzene rings is 1. The van der Waals surface area contributed by atoms with Crippen molar-refractivity contribution in [1.29, 1.82) is 0 Å². The Hall–Kier alpha value is -0.930. The van der Waals surface area contributed by atoms with Gasteiger partial charge in [-0.3, -0.25) is 0 Å². The first-order valence-electron chi connectivity index (χ1n) is 7.00. The Balaban J connectivity index is 2.01. The van der Waals surface area contributed by atoms with Gasteiger partial charge in [0.25, 0.3) is 0 Å². The molecule has 2 nitrogen and oxygen atoms in total. The predicted octanol–water partition coefficient (Wildman–Crippen LogP) is 3.60. The molecule has 1 aliphatic heterocycles. The van der Waals surface area contributed by atoms with Crippen LogP contribution in [0.1, 0.15) is 26.3 Å². The van der Waals surface area contributed by atoms with Crippen molar-refractivity contribution in [3.63, 3.8) is 0 Å². The lowest BCUT2D eigenvalue weighted by Crippen LogP contribution is -2.50. The number of alkyl halides is 1. The summed E-state index contributed by atoms with van der Waals surface area (Å²) in [5.41, 5.74) is 1.07. The largest absolute Gasteiger partial charge is 0.375 e. The van der Waals surface area contributed by atoms with Crippen LogP contribution in [-0.2, 0) is 16.1 Å². The molecule has 19 heavy (non-hydrogen) atoms. The second-order valence-electron chi connectivity index (χ2n) is 5.72. The summed E-state index contributed by atoms with van der Waals surface area (Å²) in [6, 6.07) is 9.87. The van der Waals surface area contributed by atoms with Gasteiger partial charge in [-0.05, 0) is 11.5 Å². The van der Waals surface area contributed by atoms with Crippen LogP contribution in [0.3, 0.4) is 0 Å². The molecule has 1 aromatic rings. The molecule has 1 unspecified atom stereocenters. The van der Waals surface area contributed by atoms with E-state index in [4.69, 9.17) is 9.47 Å². The van der Waals surface area contributed by atoms with E-state index in [0.29, 0.717) is 13.2 Å². The molecule has 0 amide bonds. The van der Waals surface area contributed by atoms with Gasteiger partial charge in [-0.1, -0.05) is 51.1 Å². The van der Waals surface area contributed by atoms with Crippen LogP contribution in [0.25, 0.3) is 0 Å². The summed E-state index contributed by atoms with van der Waals surface area (Å²) in [5.74, 6) is 0.155. The van der Waals surface area contributed by atoms with E-state index >= 15 is 0 Å². The molecule has 1 fully saturated rings. The average Bonchev–Trinajstić information content (AvgIpc) is 2.41. The van der Waals surface area contributed by atoms with Crippen molar-refractivity contribution in [2.45, 2.75) is 45.8 Å². The fourth-order valence-electron chi connectivity index (χ4n) is 2.48. The molecule has 3 heteroatoms. The van der Waals surface area contributed by atoms with E-state index in [1.54, 1.807) is 0 Å². The van der Waals surface area contributed by atoms with Crippen LogP contribution in [0.2, 0.25) is 0 Å². The van der Waals surface area contributed by atoms with Gasteiger partial charge in [0.05, 0.1) is 19.3 Å². The lowest BCUT2D eigenvalue weighted by Gasteiger charge is -2.39. The molecule has 0 aromatic heterocycles. The van der Waals surface area contributed by atoms with Gasteiger partial charge in [0.2, 0.25) is 0 Å². The van der Waals surface area contributed by atoms with Crippen molar-refractivity contribution in [2.75, 3.05) is 6.61 Å². The van der Waals surface area contributed by atoms with E-state index in [1.165, 1.54) is 0 Å². The molecular weight excluding hydrogens is 243 g/mol. The molecule has 0 N–H and O–H groups in total. The molecule has 2 rings (SSSR count). The molecule has 106 valence electrons. The molecule has 0 bridgehead atoms. The van der Waals surface area contributed by atoms with Gasteiger partial charge in [0.15, 0.2) is 0 Å². The number of hydrogen-bond donors (Lipinski definition) is 0. The van der Waals surface area contributed by atoms with E-state index in [0.717, 1.165) is 5.56 Å². The maximum Gasteiger partial charge on any atom is 0.133 e. The average molecular weight is 266 g/mol. The SMILES string of the molecule is CC(C)[C@H]1OC[C@H](C)[C@H](F)C1OCc1ccccc1. The first-order chi connectivity index (χ1) is 9.09. The minimum absolute atomic E-state index is 0.101. The molecule has 1 aromatic carbocycles. The lowest BCUT2D eigenvalue weighted by molar-refractivity contribution is -0.178. The van der Waals surface area contributed by atoms with E-state index in [2.05, 4.69) is 0 Å². The first-order valence-corrected chi connectivity index (χ1v) is 7.00. The van der Waals surface area contributed by atoms with Crippen molar-refractivity contribution >= 4 is 0 Å². The zero-order valence-electron chi connectivity index (χ0n) is 11.9. The van der Waals surface area contributed by atoms with Gasteiger partial charge < -0.3 is 9.47 Å². The second kappa shape index (κ2) is 6.49. The zero-order valence-corrected chi connectivity index (χ0v) is 11.9. The fourth-order valence-corrected chi connectivity index (χ4v) is 2.48. The third-order valence-corrected chi connectivity index (χ3v) is 3.68. The molecule has 1 heterocycles. The van der Waals surface area contributed by atoms with Crippen LogP contribution in [0.4, 0.5) is 4.39 Å². The van der Waals surface area contributed by atoms with Crippen molar-refractivity contribution in [3.8, 4) is 0 Å². The molecule has 0 aliphatic carbocycles. The van der Waals surface area contributed by atoms with Gasteiger partial charge in [0.1, 0.15) is 12.3 Å². The minimum Gasteiger partial charge on any atom is -0.375 e. The Morgan fingerprint density at radius 1 is 1.32 bits per heavy atom. The number of hydrogen-bond acceptors (Lipinski definition) is 2. The first kappa shape index (κ1) is 14.5. The van der Waals surface area contributed by atoms with Crippen LogP contribution in [0, 0.1) is 11.8 Å². The highest BCUT2D eigenvalue weighted by Crippen LogP contribution is 2.29. The second-order valence-corrected chi connectivity index (χ2v) is 5.72. The third kappa shape index (κ3) is 3.54. The predicted molar refractivity (Wildman–Crippen MR) is 73.7 cm³/mol. The molecule has 0 spiro atoms. The van der Waals surface area contributed by atoms with Crippen molar-refractivity contribution < 1.29 is 13.9 Å². The van der Waals surface area contributed by atoms with Gasteiger partial charge in [-0.15, -0.1) is 0 Å². The van der Waals surface area contributed by atoms with Gasteiger partial charge >= 0.3 is 0 Å². The van der Waals surface area contributed by atoms with Gasteiger partial charge in [0, 0.05) is 5.92 Å². The Morgan fingerprint density at radius 3 is 2.63 bits per heavy atom. The van der Waals surface area contributed by atoms with Crippen LogP contribution in [0.15, 0.2) is 30.3 Å². The standard InChI is InChI=1S/C16H23FO2/c1-11(2)15-16(14(17)12(3)9-18-15)19-10-13-7-5-4-6-8-13/h4-8,11-12,14-16H,9-10H2,1-3H3/t12-,14-,15+,16?/m0/s1. The normalized spacial score (nSPS) is 31.6. The summed E-state index contributed by atoms with van der Waals surface area (Å²) in [6.07, 6.45) is -1.58. The van der Waals surface area contributed by atoms with E-state index in [-0.39, 0.29) is 17.9 Å². The Bertz CT molecular complexity index is 380. The minimum atomic E-state index is -0.954. The van der Waals surface area contributed by atoms with Crippen LogP contribution < -0.4 is 0 Å². The quantitative estimate of drug-likeness (QED) is 0.829. The van der Waals surface area contributed by atoms with E-state index < -0.39 is 12.3 Å². The van der Waals surface area contributed by atoms with E-state index in [9.17, 15) is 4.39 Å². The summed E-state index contributed by atoms with van der Waals surface area (Å²) < 4.78 is 25.9. The Morgan fingerprint density at radius 2 is 2.00 bits per heavy atom. The van der Waals surface area contributed by atoms with Crippen molar-refractivity contribution in [1.82, 2.24) is 0 Å². The highest BCUT2D eigenvalue weighted by molar-refractivity contribution is 5.13. The highest BCUT2D eigenvalue weighted by Gasteiger charge is 2.40. The fraction of sp³-hybridized carbons (Fsp3) is 0.625. The number of ether oxygens (including phenoxy) is 2.